The minimum atomic E-state index is -0.480. The number of aromatic nitrogens is 5. The van der Waals surface area contributed by atoms with E-state index in [-0.39, 0.29) is 5.69 Å². The van der Waals surface area contributed by atoms with Crippen LogP contribution in [0.4, 0.5) is 15.9 Å². The van der Waals surface area contributed by atoms with Crippen molar-refractivity contribution in [2.75, 3.05) is 5.32 Å². The Balaban J connectivity index is 1.46. The lowest BCUT2D eigenvalue weighted by molar-refractivity contribution is 0.474. The number of benzene rings is 2. The Labute approximate surface area is 181 Å². The molecular weight excluding hydrogens is 419 g/mol. The maximum Gasteiger partial charge on any atom is 0.150 e. The van der Waals surface area contributed by atoms with Crippen LogP contribution in [0.15, 0.2) is 55.2 Å². The van der Waals surface area contributed by atoms with Gasteiger partial charge in [0.05, 0.1) is 34.8 Å². The number of aryl methyl sites for hydroxylation is 2. The van der Waals surface area contributed by atoms with Crippen LogP contribution < -0.4 is 10.1 Å². The standard InChI is InChI=1S/C22H16ClFN6O/c1-12-5-16(29-22-14-7-21(23)25-9-18(14)26-10-27-22)15(24)8-20(12)31-13-3-4-19-17(6-13)28-11-30(19)2/h3-11H,1-2H3,(H,26,27,29). The number of hydrogen-bond donors (Lipinski definition) is 1. The van der Waals surface area contributed by atoms with Crippen LogP contribution in [-0.4, -0.2) is 24.5 Å². The van der Waals surface area contributed by atoms with E-state index in [0.29, 0.717) is 33.4 Å². The van der Waals surface area contributed by atoms with E-state index in [0.717, 1.165) is 16.6 Å². The fourth-order valence-corrected chi connectivity index (χ4v) is 3.49. The van der Waals surface area contributed by atoms with Crippen LogP contribution in [0.25, 0.3) is 21.9 Å². The quantitative estimate of drug-likeness (QED) is 0.374. The number of anilines is 2. The molecule has 0 atom stereocenters. The maximum atomic E-state index is 14.9. The Morgan fingerprint density at radius 3 is 2.77 bits per heavy atom. The third kappa shape index (κ3) is 3.62. The Morgan fingerprint density at radius 2 is 1.90 bits per heavy atom. The molecule has 3 heterocycles. The van der Waals surface area contributed by atoms with E-state index < -0.39 is 5.82 Å². The van der Waals surface area contributed by atoms with Gasteiger partial charge in [0.2, 0.25) is 0 Å². The second kappa shape index (κ2) is 7.48. The summed E-state index contributed by atoms with van der Waals surface area (Å²) in [6.07, 6.45) is 4.66. The molecule has 0 radical (unpaired) electrons. The first kappa shape index (κ1) is 19.2. The summed E-state index contributed by atoms with van der Waals surface area (Å²) in [6, 6.07) is 10.2. The molecule has 1 N–H and O–H groups in total. The van der Waals surface area contributed by atoms with E-state index >= 15 is 0 Å². The summed E-state index contributed by atoms with van der Waals surface area (Å²) in [5.74, 6) is 0.949. The summed E-state index contributed by atoms with van der Waals surface area (Å²) < 4.78 is 22.8. The third-order valence-electron chi connectivity index (χ3n) is 4.93. The normalized spacial score (nSPS) is 11.2. The highest BCUT2D eigenvalue weighted by molar-refractivity contribution is 6.30. The first-order valence-electron chi connectivity index (χ1n) is 9.40. The number of nitrogens with zero attached hydrogens (tertiary/aromatic N) is 5. The van der Waals surface area contributed by atoms with Crippen molar-refractivity contribution in [2.45, 2.75) is 6.92 Å². The van der Waals surface area contributed by atoms with Crippen molar-refractivity contribution >= 4 is 45.0 Å². The minimum absolute atomic E-state index is 0.262. The molecule has 0 fully saturated rings. The second-order valence-electron chi connectivity index (χ2n) is 7.08. The lowest BCUT2D eigenvalue weighted by Gasteiger charge is -2.13. The maximum absolute atomic E-state index is 14.9. The van der Waals surface area contributed by atoms with E-state index in [9.17, 15) is 4.39 Å². The summed E-state index contributed by atoms with van der Waals surface area (Å²) in [6.45, 7) is 1.85. The van der Waals surface area contributed by atoms with Gasteiger partial charge in [0.25, 0.3) is 0 Å². The average Bonchev–Trinajstić information content (AvgIpc) is 3.12. The van der Waals surface area contributed by atoms with Gasteiger partial charge in [-0.2, -0.15) is 0 Å². The fourth-order valence-electron chi connectivity index (χ4n) is 3.34. The molecule has 3 aromatic heterocycles. The number of pyridine rings is 1. The summed E-state index contributed by atoms with van der Waals surface area (Å²) >= 11 is 5.99. The van der Waals surface area contributed by atoms with Crippen molar-refractivity contribution < 1.29 is 9.13 Å². The summed E-state index contributed by atoms with van der Waals surface area (Å²) in [7, 11) is 1.92. The molecular formula is C22H16ClFN6O. The molecule has 9 heteroatoms. The van der Waals surface area contributed by atoms with Crippen LogP contribution in [0, 0.1) is 12.7 Å². The molecule has 0 aliphatic carbocycles. The Morgan fingerprint density at radius 1 is 1.03 bits per heavy atom. The first-order valence-corrected chi connectivity index (χ1v) is 9.78. The van der Waals surface area contributed by atoms with Gasteiger partial charge in [-0.05, 0) is 36.8 Å². The average molecular weight is 435 g/mol. The van der Waals surface area contributed by atoms with E-state index in [1.165, 1.54) is 12.4 Å². The summed E-state index contributed by atoms with van der Waals surface area (Å²) in [4.78, 5) is 16.7. The Bertz CT molecular complexity index is 1450. The molecule has 0 saturated heterocycles. The molecule has 0 aliphatic heterocycles. The molecule has 0 saturated carbocycles. The van der Waals surface area contributed by atoms with E-state index in [2.05, 4.69) is 25.3 Å². The van der Waals surface area contributed by atoms with Crippen molar-refractivity contribution in [1.29, 1.82) is 0 Å². The number of imidazole rings is 1. The van der Waals surface area contributed by atoms with Gasteiger partial charge in [0.1, 0.15) is 34.6 Å². The van der Waals surface area contributed by atoms with Crippen molar-refractivity contribution in [1.82, 2.24) is 24.5 Å². The van der Waals surface area contributed by atoms with Crippen LogP contribution in [0.3, 0.4) is 0 Å². The van der Waals surface area contributed by atoms with Crippen LogP contribution in [0.2, 0.25) is 5.15 Å². The lowest BCUT2D eigenvalue weighted by atomic mass is 10.1. The van der Waals surface area contributed by atoms with Crippen molar-refractivity contribution in [3.8, 4) is 11.5 Å². The van der Waals surface area contributed by atoms with Crippen LogP contribution >= 0.6 is 11.6 Å². The largest absolute Gasteiger partial charge is 0.457 e. The zero-order valence-corrected chi connectivity index (χ0v) is 17.4. The molecule has 7 nitrogen and oxygen atoms in total. The predicted molar refractivity (Wildman–Crippen MR) is 118 cm³/mol. The fraction of sp³-hybridized carbons (Fsp3) is 0.0909. The number of fused-ring (bicyclic) bond motifs is 2. The monoisotopic (exact) mass is 434 g/mol. The second-order valence-corrected chi connectivity index (χ2v) is 7.46. The molecule has 0 aliphatic rings. The summed E-state index contributed by atoms with van der Waals surface area (Å²) in [5, 5.41) is 3.96. The van der Waals surface area contributed by atoms with Crippen LogP contribution in [-0.2, 0) is 7.05 Å². The number of nitrogens with one attached hydrogen (secondary N) is 1. The van der Waals surface area contributed by atoms with Crippen LogP contribution in [0.1, 0.15) is 5.56 Å². The Hall–Kier alpha value is -3.78. The number of hydrogen-bond acceptors (Lipinski definition) is 6. The zero-order chi connectivity index (χ0) is 21.5. The molecule has 0 bridgehead atoms. The summed E-state index contributed by atoms with van der Waals surface area (Å²) in [5.41, 5.74) is 3.41. The van der Waals surface area contributed by atoms with Crippen LogP contribution in [0.5, 0.6) is 11.5 Å². The van der Waals surface area contributed by atoms with E-state index in [1.807, 2.05) is 36.7 Å². The number of rotatable bonds is 4. The molecule has 154 valence electrons. The number of ether oxygens (including phenoxy) is 1. The van der Waals surface area contributed by atoms with Gasteiger partial charge in [0.15, 0.2) is 0 Å². The van der Waals surface area contributed by atoms with Gasteiger partial charge < -0.3 is 14.6 Å². The molecule has 5 rings (SSSR count). The lowest BCUT2D eigenvalue weighted by Crippen LogP contribution is -2.00. The molecule has 31 heavy (non-hydrogen) atoms. The Kier molecular flexibility index (Phi) is 4.63. The van der Waals surface area contributed by atoms with Gasteiger partial charge in [-0.25, -0.2) is 24.3 Å². The minimum Gasteiger partial charge on any atom is -0.457 e. The van der Waals surface area contributed by atoms with Crippen molar-refractivity contribution in [3.05, 3.63) is 71.8 Å². The highest BCUT2D eigenvalue weighted by atomic mass is 35.5. The smallest absolute Gasteiger partial charge is 0.150 e. The van der Waals surface area contributed by atoms with Gasteiger partial charge in [0, 0.05) is 24.6 Å². The van der Waals surface area contributed by atoms with Gasteiger partial charge in [-0.1, -0.05) is 11.6 Å². The van der Waals surface area contributed by atoms with Crippen molar-refractivity contribution in [3.63, 3.8) is 0 Å². The SMILES string of the molecule is Cc1cc(Nc2ncnc3cnc(Cl)cc23)c(F)cc1Oc1ccc2c(c1)ncn2C. The van der Waals surface area contributed by atoms with Gasteiger partial charge in [-0.3, -0.25) is 0 Å². The van der Waals surface area contributed by atoms with Gasteiger partial charge in [-0.15, -0.1) is 0 Å². The predicted octanol–water partition coefficient (Wildman–Crippen LogP) is 5.55. The third-order valence-corrected chi connectivity index (χ3v) is 5.14. The molecule has 2 aromatic carbocycles. The van der Waals surface area contributed by atoms with Gasteiger partial charge >= 0.3 is 0 Å². The first-order chi connectivity index (χ1) is 15.0. The van der Waals surface area contributed by atoms with E-state index in [4.69, 9.17) is 16.3 Å². The molecule has 0 amide bonds. The molecule has 5 aromatic rings. The zero-order valence-electron chi connectivity index (χ0n) is 16.6. The van der Waals surface area contributed by atoms with Crippen molar-refractivity contribution in [2.24, 2.45) is 7.05 Å². The highest BCUT2D eigenvalue weighted by Gasteiger charge is 2.13. The molecule has 0 unspecified atom stereocenters. The highest BCUT2D eigenvalue weighted by Crippen LogP contribution is 2.33. The number of halogens is 2. The van der Waals surface area contributed by atoms with E-state index in [1.54, 1.807) is 24.7 Å². The molecule has 0 spiro atoms. The topological polar surface area (TPSA) is 77.8 Å².